The third kappa shape index (κ3) is 3.23. The summed E-state index contributed by atoms with van der Waals surface area (Å²) in [6, 6.07) is 8.58. The molecule has 1 N–H and O–H groups in total. The van der Waals surface area contributed by atoms with Gasteiger partial charge in [-0.25, -0.2) is 4.98 Å². The molecule has 0 unspecified atom stereocenters. The zero-order valence-electron chi connectivity index (χ0n) is 10.9. The van der Waals surface area contributed by atoms with Crippen molar-refractivity contribution in [3.05, 3.63) is 40.8 Å². The summed E-state index contributed by atoms with van der Waals surface area (Å²) in [7, 11) is 0. The van der Waals surface area contributed by atoms with Crippen molar-refractivity contribution in [1.82, 2.24) is 4.98 Å². The molecule has 3 nitrogen and oxygen atoms in total. The summed E-state index contributed by atoms with van der Waals surface area (Å²) in [5.41, 5.74) is 5.37. The molecule has 2 rings (SSSR count). The maximum atomic E-state index is 4.25. The summed E-state index contributed by atoms with van der Waals surface area (Å²) in [5, 5.41) is 5.44. The van der Waals surface area contributed by atoms with Gasteiger partial charge in [-0.3, -0.25) is 0 Å². The number of thiazole rings is 1. The molecule has 0 aliphatic heterocycles. The summed E-state index contributed by atoms with van der Waals surface area (Å²) in [6.45, 7) is 7.23. The van der Waals surface area contributed by atoms with Gasteiger partial charge >= 0.3 is 0 Å². The molecule has 0 aliphatic carbocycles. The fraction of sp³-hybridized carbons (Fsp3) is 0.357. The van der Waals surface area contributed by atoms with Gasteiger partial charge in [0.1, 0.15) is 0 Å². The highest BCUT2D eigenvalue weighted by Crippen LogP contribution is 2.18. The van der Waals surface area contributed by atoms with E-state index in [4.69, 9.17) is 0 Å². The van der Waals surface area contributed by atoms with E-state index in [2.05, 4.69) is 58.7 Å². The van der Waals surface area contributed by atoms with Crippen LogP contribution in [0, 0.1) is 0 Å². The van der Waals surface area contributed by atoms with Crippen molar-refractivity contribution in [1.29, 1.82) is 0 Å². The van der Waals surface area contributed by atoms with Gasteiger partial charge in [0.05, 0.1) is 17.7 Å². The maximum absolute atomic E-state index is 4.25. The summed E-state index contributed by atoms with van der Waals surface area (Å²) >= 11 is 1.63. The Morgan fingerprint density at radius 3 is 2.44 bits per heavy atom. The van der Waals surface area contributed by atoms with Crippen LogP contribution in [-0.4, -0.2) is 18.1 Å². The van der Waals surface area contributed by atoms with Gasteiger partial charge in [-0.1, -0.05) is 0 Å². The van der Waals surface area contributed by atoms with Gasteiger partial charge in [0, 0.05) is 29.8 Å². The fourth-order valence-corrected chi connectivity index (χ4v) is 2.45. The number of aromatic nitrogens is 1. The lowest BCUT2D eigenvalue weighted by Gasteiger charge is -2.21. The highest BCUT2D eigenvalue weighted by molar-refractivity contribution is 7.07. The molecule has 1 aromatic carbocycles. The van der Waals surface area contributed by atoms with Crippen LogP contribution in [0.1, 0.15) is 19.5 Å². The molecule has 1 aromatic heterocycles. The Morgan fingerprint density at radius 2 is 1.89 bits per heavy atom. The van der Waals surface area contributed by atoms with Crippen molar-refractivity contribution in [2.24, 2.45) is 0 Å². The second-order valence-electron chi connectivity index (χ2n) is 4.05. The highest BCUT2D eigenvalue weighted by atomic mass is 32.1. The quantitative estimate of drug-likeness (QED) is 0.861. The first-order valence-electron chi connectivity index (χ1n) is 6.29. The second kappa shape index (κ2) is 6.40. The van der Waals surface area contributed by atoms with Crippen LogP contribution in [0.5, 0.6) is 0 Å². The van der Waals surface area contributed by atoms with Gasteiger partial charge in [-0.15, -0.1) is 11.3 Å². The molecular formula is C14H19N3S. The van der Waals surface area contributed by atoms with E-state index in [1.54, 1.807) is 11.3 Å². The van der Waals surface area contributed by atoms with Crippen molar-refractivity contribution in [2.75, 3.05) is 23.3 Å². The molecule has 0 radical (unpaired) electrons. The van der Waals surface area contributed by atoms with Gasteiger partial charge in [0.2, 0.25) is 0 Å². The standard InChI is InChI=1S/C14H19N3S/c1-3-17(4-2)14-7-5-12(6-8-14)15-9-13-10-18-11-16-13/h5-8,10-11,15H,3-4,9H2,1-2H3. The molecule has 0 saturated heterocycles. The summed E-state index contributed by atoms with van der Waals surface area (Å²) < 4.78 is 0. The lowest BCUT2D eigenvalue weighted by Crippen LogP contribution is -2.21. The number of anilines is 2. The molecule has 18 heavy (non-hydrogen) atoms. The third-order valence-corrected chi connectivity index (χ3v) is 3.59. The van der Waals surface area contributed by atoms with Crippen LogP contribution >= 0.6 is 11.3 Å². The third-order valence-electron chi connectivity index (χ3n) is 2.95. The first kappa shape index (κ1) is 12.9. The average Bonchev–Trinajstić information content (AvgIpc) is 2.92. The van der Waals surface area contributed by atoms with Crippen LogP contribution < -0.4 is 10.2 Å². The van der Waals surface area contributed by atoms with E-state index in [1.807, 2.05) is 5.51 Å². The van der Waals surface area contributed by atoms with Crippen LogP contribution in [0.2, 0.25) is 0 Å². The van der Waals surface area contributed by atoms with Crippen molar-refractivity contribution in [3.8, 4) is 0 Å². The zero-order valence-corrected chi connectivity index (χ0v) is 11.7. The van der Waals surface area contributed by atoms with E-state index >= 15 is 0 Å². The zero-order chi connectivity index (χ0) is 12.8. The van der Waals surface area contributed by atoms with E-state index in [-0.39, 0.29) is 0 Å². The van der Waals surface area contributed by atoms with Gasteiger partial charge < -0.3 is 10.2 Å². The Kier molecular flexibility index (Phi) is 4.59. The molecule has 0 aliphatic rings. The summed E-state index contributed by atoms with van der Waals surface area (Å²) in [4.78, 5) is 6.59. The molecule has 0 amide bonds. The van der Waals surface area contributed by atoms with Crippen LogP contribution in [0.25, 0.3) is 0 Å². The van der Waals surface area contributed by atoms with Crippen molar-refractivity contribution < 1.29 is 0 Å². The Hall–Kier alpha value is -1.55. The maximum Gasteiger partial charge on any atom is 0.0795 e. The van der Waals surface area contributed by atoms with Gasteiger partial charge in [0.15, 0.2) is 0 Å². The number of nitrogens with one attached hydrogen (secondary N) is 1. The molecule has 0 fully saturated rings. The number of benzene rings is 1. The number of hydrogen-bond donors (Lipinski definition) is 1. The molecule has 96 valence electrons. The van der Waals surface area contributed by atoms with E-state index in [0.717, 1.165) is 31.0 Å². The Balaban J connectivity index is 1.95. The van der Waals surface area contributed by atoms with Crippen molar-refractivity contribution in [2.45, 2.75) is 20.4 Å². The van der Waals surface area contributed by atoms with Crippen molar-refractivity contribution >= 4 is 22.7 Å². The average molecular weight is 261 g/mol. The van der Waals surface area contributed by atoms with Gasteiger partial charge in [0.25, 0.3) is 0 Å². The molecule has 0 bridgehead atoms. The lowest BCUT2D eigenvalue weighted by atomic mass is 10.2. The number of rotatable bonds is 6. The van der Waals surface area contributed by atoms with Gasteiger partial charge in [-0.2, -0.15) is 0 Å². The van der Waals surface area contributed by atoms with E-state index < -0.39 is 0 Å². The summed E-state index contributed by atoms with van der Waals surface area (Å²) in [6.07, 6.45) is 0. The normalized spacial score (nSPS) is 10.3. The molecular weight excluding hydrogens is 242 g/mol. The first-order chi connectivity index (χ1) is 8.83. The minimum atomic E-state index is 0.786. The minimum absolute atomic E-state index is 0.786. The van der Waals surface area contributed by atoms with E-state index in [1.165, 1.54) is 5.69 Å². The second-order valence-corrected chi connectivity index (χ2v) is 4.77. The molecule has 0 saturated carbocycles. The van der Waals surface area contributed by atoms with Crippen LogP contribution in [0.15, 0.2) is 35.2 Å². The van der Waals surface area contributed by atoms with Crippen LogP contribution in [0.4, 0.5) is 11.4 Å². The molecule has 0 spiro atoms. The Morgan fingerprint density at radius 1 is 1.17 bits per heavy atom. The Labute approximate surface area is 112 Å². The summed E-state index contributed by atoms with van der Waals surface area (Å²) in [5.74, 6) is 0. The number of hydrogen-bond acceptors (Lipinski definition) is 4. The SMILES string of the molecule is CCN(CC)c1ccc(NCc2cscn2)cc1. The topological polar surface area (TPSA) is 28.2 Å². The smallest absolute Gasteiger partial charge is 0.0795 e. The van der Waals surface area contributed by atoms with E-state index in [9.17, 15) is 0 Å². The largest absolute Gasteiger partial charge is 0.379 e. The monoisotopic (exact) mass is 261 g/mol. The predicted octanol–water partition coefficient (Wildman–Crippen LogP) is 3.60. The van der Waals surface area contributed by atoms with Crippen LogP contribution in [0.3, 0.4) is 0 Å². The van der Waals surface area contributed by atoms with E-state index in [0.29, 0.717) is 0 Å². The first-order valence-corrected chi connectivity index (χ1v) is 7.23. The minimum Gasteiger partial charge on any atom is -0.379 e. The lowest BCUT2D eigenvalue weighted by molar-refractivity contribution is 0.866. The Bertz CT molecular complexity index is 446. The molecule has 4 heteroatoms. The highest BCUT2D eigenvalue weighted by Gasteiger charge is 2.01. The van der Waals surface area contributed by atoms with Crippen molar-refractivity contribution in [3.63, 3.8) is 0 Å². The molecule has 1 heterocycles. The molecule has 0 atom stereocenters. The fourth-order valence-electron chi connectivity index (χ4n) is 1.90. The number of nitrogens with zero attached hydrogens (tertiary/aromatic N) is 2. The predicted molar refractivity (Wildman–Crippen MR) is 79.4 cm³/mol. The van der Waals surface area contributed by atoms with Crippen LogP contribution in [-0.2, 0) is 6.54 Å². The van der Waals surface area contributed by atoms with Gasteiger partial charge in [-0.05, 0) is 38.1 Å². The molecule has 2 aromatic rings.